The summed E-state index contributed by atoms with van der Waals surface area (Å²) in [6, 6.07) is 12.4. The molecule has 2 aliphatic heterocycles. The predicted octanol–water partition coefficient (Wildman–Crippen LogP) is 3.84. The summed E-state index contributed by atoms with van der Waals surface area (Å²) in [5.41, 5.74) is 2.86. The number of amides is 3. The van der Waals surface area contributed by atoms with E-state index in [1.165, 1.54) is 0 Å². The molecule has 0 aliphatic carbocycles. The van der Waals surface area contributed by atoms with E-state index in [9.17, 15) is 14.4 Å². The molecule has 2 N–H and O–H groups in total. The van der Waals surface area contributed by atoms with Crippen LogP contribution in [-0.2, 0) is 9.59 Å². The summed E-state index contributed by atoms with van der Waals surface area (Å²) in [6.07, 6.45) is 2.63. The molecule has 0 bridgehead atoms. The second kappa shape index (κ2) is 9.65. The first-order valence-corrected chi connectivity index (χ1v) is 11.7. The van der Waals surface area contributed by atoms with Crippen LogP contribution in [0.15, 0.2) is 42.5 Å². The van der Waals surface area contributed by atoms with Gasteiger partial charge in [0.15, 0.2) is 0 Å². The smallest absolute Gasteiger partial charge is 0.256 e. The Labute approximate surface area is 194 Å². The number of benzene rings is 2. The molecule has 2 atom stereocenters. The summed E-state index contributed by atoms with van der Waals surface area (Å²) in [5, 5.41) is 6.04. The lowest BCUT2D eigenvalue weighted by Gasteiger charge is -2.37. The van der Waals surface area contributed by atoms with Crippen LogP contribution in [0, 0.1) is 5.92 Å². The van der Waals surface area contributed by atoms with Gasteiger partial charge in [0.25, 0.3) is 5.91 Å². The highest BCUT2D eigenvalue weighted by molar-refractivity contribution is 6.10. The van der Waals surface area contributed by atoms with E-state index in [0.717, 1.165) is 29.7 Å². The maximum atomic E-state index is 13.5. The van der Waals surface area contributed by atoms with Gasteiger partial charge in [0.2, 0.25) is 11.8 Å². The molecule has 2 heterocycles. The van der Waals surface area contributed by atoms with E-state index in [-0.39, 0.29) is 29.7 Å². The maximum Gasteiger partial charge on any atom is 0.256 e. The topological polar surface area (TPSA) is 87.7 Å². The minimum Gasteiger partial charge on any atom is -0.497 e. The molecule has 0 spiro atoms. The fraction of sp³-hybridized carbons (Fsp3) is 0.423. The molecule has 0 saturated carbocycles. The molecule has 0 radical (unpaired) electrons. The van der Waals surface area contributed by atoms with Crippen LogP contribution < -0.4 is 15.4 Å². The number of rotatable bonds is 6. The summed E-state index contributed by atoms with van der Waals surface area (Å²) in [7, 11) is 1.62. The molecule has 7 nitrogen and oxygen atoms in total. The van der Waals surface area contributed by atoms with Gasteiger partial charge in [-0.1, -0.05) is 32.0 Å². The van der Waals surface area contributed by atoms with Crippen molar-refractivity contribution >= 4 is 23.4 Å². The van der Waals surface area contributed by atoms with Gasteiger partial charge in [-0.3, -0.25) is 14.4 Å². The van der Waals surface area contributed by atoms with Crippen LogP contribution >= 0.6 is 0 Å². The van der Waals surface area contributed by atoms with E-state index in [2.05, 4.69) is 10.6 Å². The zero-order valence-corrected chi connectivity index (χ0v) is 19.4. The van der Waals surface area contributed by atoms with Crippen molar-refractivity contribution in [3.8, 4) is 16.9 Å². The maximum absolute atomic E-state index is 13.5. The van der Waals surface area contributed by atoms with Crippen LogP contribution in [0.25, 0.3) is 11.1 Å². The number of piperidine rings is 1. The number of anilines is 1. The van der Waals surface area contributed by atoms with E-state index in [1.54, 1.807) is 18.1 Å². The second-order valence-corrected chi connectivity index (χ2v) is 8.74. The Balaban J connectivity index is 1.55. The Morgan fingerprint density at radius 3 is 2.48 bits per heavy atom. The number of fused-ring (bicyclic) bond motifs is 2. The minimum atomic E-state index is -0.602. The van der Waals surface area contributed by atoms with Crippen molar-refractivity contribution < 1.29 is 19.1 Å². The Morgan fingerprint density at radius 2 is 1.82 bits per heavy atom. The highest BCUT2D eigenvalue weighted by Crippen LogP contribution is 2.32. The Bertz CT molecular complexity index is 1050. The number of hydrogen-bond acceptors (Lipinski definition) is 4. The molecule has 4 rings (SSSR count). The van der Waals surface area contributed by atoms with Gasteiger partial charge >= 0.3 is 0 Å². The third kappa shape index (κ3) is 4.58. The first-order valence-electron chi connectivity index (χ1n) is 11.7. The highest BCUT2D eigenvalue weighted by atomic mass is 16.5. The molecule has 2 aromatic rings. The number of nitrogens with one attached hydrogen (secondary N) is 2. The Morgan fingerprint density at radius 1 is 1.12 bits per heavy atom. The van der Waals surface area contributed by atoms with E-state index < -0.39 is 6.04 Å². The van der Waals surface area contributed by atoms with Crippen molar-refractivity contribution in [3.05, 3.63) is 48.0 Å². The molecule has 33 heavy (non-hydrogen) atoms. The molecule has 2 aliphatic rings. The van der Waals surface area contributed by atoms with Gasteiger partial charge in [-0.05, 0) is 61.1 Å². The fourth-order valence-corrected chi connectivity index (χ4v) is 4.73. The van der Waals surface area contributed by atoms with E-state index in [1.807, 2.05) is 50.2 Å². The number of carbonyl (C=O) groups is 3. The molecule has 174 valence electrons. The van der Waals surface area contributed by atoms with E-state index >= 15 is 0 Å². The van der Waals surface area contributed by atoms with Gasteiger partial charge in [0.05, 0.1) is 18.4 Å². The quantitative estimate of drug-likeness (QED) is 0.701. The third-order valence-electron chi connectivity index (χ3n) is 6.80. The first kappa shape index (κ1) is 22.8. The second-order valence-electron chi connectivity index (χ2n) is 8.74. The largest absolute Gasteiger partial charge is 0.497 e. The van der Waals surface area contributed by atoms with Crippen LogP contribution in [0.4, 0.5) is 5.69 Å². The van der Waals surface area contributed by atoms with Gasteiger partial charge in [0.1, 0.15) is 11.8 Å². The molecule has 2 aromatic carbocycles. The number of nitrogens with zero attached hydrogens (tertiary/aromatic N) is 1. The summed E-state index contributed by atoms with van der Waals surface area (Å²) >= 11 is 0. The molecule has 7 heteroatoms. The zero-order valence-electron chi connectivity index (χ0n) is 19.4. The zero-order chi connectivity index (χ0) is 23.5. The third-order valence-corrected chi connectivity index (χ3v) is 6.80. The van der Waals surface area contributed by atoms with Crippen LogP contribution in [0.2, 0.25) is 0 Å². The standard InChI is InChI=1S/C26H31N3O4/c1-4-16(5-2)24(30)27-19-12-13-29-23(15-19)25(31)28-22-11-8-18(14-21(22)26(29)32)17-6-9-20(33-3)10-7-17/h6-11,14,16,19,23H,4-5,12-13,15H2,1-3H3,(H,27,30)(H,28,31)/t19-,23-/m0/s1. The molecule has 0 unspecified atom stereocenters. The van der Waals surface area contributed by atoms with E-state index in [4.69, 9.17) is 4.74 Å². The first-order chi connectivity index (χ1) is 15.9. The molecular formula is C26H31N3O4. The summed E-state index contributed by atoms with van der Waals surface area (Å²) in [4.78, 5) is 40.7. The van der Waals surface area contributed by atoms with Gasteiger partial charge in [-0.25, -0.2) is 0 Å². The lowest BCUT2D eigenvalue weighted by Crippen LogP contribution is -2.55. The van der Waals surface area contributed by atoms with Crippen LogP contribution in [0.5, 0.6) is 5.75 Å². The number of carbonyl (C=O) groups excluding carboxylic acids is 3. The molecule has 3 amide bonds. The van der Waals surface area contributed by atoms with Crippen LogP contribution in [-0.4, -0.2) is 48.4 Å². The lowest BCUT2D eigenvalue weighted by molar-refractivity contribution is -0.127. The van der Waals surface area contributed by atoms with Crippen molar-refractivity contribution in [1.82, 2.24) is 10.2 Å². The SMILES string of the molecule is CCC(CC)C(=O)N[C@H]1CCN2C(=O)c3cc(-c4ccc(OC)cc4)ccc3NC(=O)[C@@H]2C1. The highest BCUT2D eigenvalue weighted by Gasteiger charge is 2.40. The van der Waals surface area contributed by atoms with Crippen molar-refractivity contribution in [2.45, 2.75) is 51.6 Å². The minimum absolute atomic E-state index is 0.0201. The summed E-state index contributed by atoms with van der Waals surface area (Å²) in [5.74, 6) is 0.410. The van der Waals surface area contributed by atoms with Crippen molar-refractivity contribution in [2.75, 3.05) is 19.0 Å². The Kier molecular flexibility index (Phi) is 6.67. The summed E-state index contributed by atoms with van der Waals surface area (Å²) in [6.45, 7) is 4.44. The van der Waals surface area contributed by atoms with E-state index in [0.29, 0.717) is 30.6 Å². The number of hydrogen-bond donors (Lipinski definition) is 2. The predicted molar refractivity (Wildman–Crippen MR) is 127 cm³/mol. The van der Waals surface area contributed by atoms with Crippen LogP contribution in [0.1, 0.15) is 49.9 Å². The summed E-state index contributed by atoms with van der Waals surface area (Å²) < 4.78 is 5.22. The molecule has 1 saturated heterocycles. The molecule has 0 aromatic heterocycles. The van der Waals surface area contributed by atoms with Crippen molar-refractivity contribution in [2.24, 2.45) is 5.92 Å². The van der Waals surface area contributed by atoms with Crippen LogP contribution in [0.3, 0.4) is 0 Å². The number of methoxy groups -OCH3 is 1. The fourth-order valence-electron chi connectivity index (χ4n) is 4.73. The lowest BCUT2D eigenvalue weighted by atomic mass is 9.94. The van der Waals surface area contributed by atoms with Gasteiger partial charge < -0.3 is 20.3 Å². The number of ether oxygens (including phenoxy) is 1. The molecule has 1 fully saturated rings. The van der Waals surface area contributed by atoms with Crippen molar-refractivity contribution in [3.63, 3.8) is 0 Å². The normalized spacial score (nSPS) is 19.9. The van der Waals surface area contributed by atoms with Gasteiger partial charge in [-0.15, -0.1) is 0 Å². The molecular weight excluding hydrogens is 418 g/mol. The van der Waals surface area contributed by atoms with Gasteiger partial charge in [-0.2, -0.15) is 0 Å². The Hall–Kier alpha value is -3.35. The van der Waals surface area contributed by atoms with Gasteiger partial charge in [0, 0.05) is 18.5 Å². The van der Waals surface area contributed by atoms with Crippen molar-refractivity contribution in [1.29, 1.82) is 0 Å². The average Bonchev–Trinajstić information content (AvgIpc) is 2.94. The monoisotopic (exact) mass is 449 g/mol. The average molecular weight is 450 g/mol.